The Morgan fingerprint density at radius 2 is 1.96 bits per heavy atom. The molecule has 27 heavy (non-hydrogen) atoms. The molecule has 1 aromatic heterocycles. The predicted octanol–water partition coefficient (Wildman–Crippen LogP) is 3.68. The molecule has 2 aromatic rings. The maximum absolute atomic E-state index is 13.9. The van der Waals surface area contributed by atoms with Crippen LogP contribution in [0.4, 0.5) is 14.6 Å². The smallest absolute Gasteiger partial charge is 0.242 e. The van der Waals surface area contributed by atoms with Gasteiger partial charge < -0.3 is 10.2 Å². The summed E-state index contributed by atoms with van der Waals surface area (Å²) in [6.07, 6.45) is 2.23. The van der Waals surface area contributed by atoms with Crippen molar-refractivity contribution in [3.05, 3.63) is 42.5 Å². The van der Waals surface area contributed by atoms with Crippen LogP contribution in [0.15, 0.2) is 36.7 Å². The van der Waals surface area contributed by atoms with Gasteiger partial charge >= 0.3 is 0 Å². The summed E-state index contributed by atoms with van der Waals surface area (Å²) in [5, 5.41) is 2.97. The number of rotatable bonds is 4. The van der Waals surface area contributed by atoms with Crippen molar-refractivity contribution < 1.29 is 13.6 Å². The number of alkyl halides is 1. The Balaban J connectivity index is 0.00000102. The minimum Gasteiger partial charge on any atom is -0.361 e. The monoisotopic (exact) mass is 374 g/mol. The van der Waals surface area contributed by atoms with Crippen LogP contribution >= 0.6 is 0 Å². The second-order valence-corrected chi connectivity index (χ2v) is 6.75. The molecule has 1 unspecified atom stereocenters. The van der Waals surface area contributed by atoms with E-state index in [1.165, 1.54) is 18.5 Å². The van der Waals surface area contributed by atoms with E-state index in [4.69, 9.17) is 0 Å². The van der Waals surface area contributed by atoms with Crippen molar-refractivity contribution in [2.24, 2.45) is 5.41 Å². The number of benzene rings is 1. The molecule has 144 valence electrons. The molecule has 2 heterocycles. The van der Waals surface area contributed by atoms with Crippen molar-refractivity contribution >= 4 is 11.7 Å². The Bertz CT molecular complexity index is 793. The molecule has 2 fully saturated rings. The van der Waals surface area contributed by atoms with Gasteiger partial charge in [-0.2, -0.15) is 0 Å². The van der Waals surface area contributed by atoms with Crippen LogP contribution in [0.3, 0.4) is 0 Å². The fourth-order valence-corrected chi connectivity index (χ4v) is 3.26. The lowest BCUT2D eigenvalue weighted by Crippen LogP contribution is -2.34. The van der Waals surface area contributed by atoms with Crippen molar-refractivity contribution in [3.8, 4) is 11.3 Å². The van der Waals surface area contributed by atoms with E-state index in [1.807, 2.05) is 13.8 Å². The minimum absolute atomic E-state index is 0.0582. The Labute approximate surface area is 157 Å². The summed E-state index contributed by atoms with van der Waals surface area (Å²) in [6.45, 7) is 4.76. The summed E-state index contributed by atoms with van der Waals surface area (Å²) in [4.78, 5) is 22.1. The third kappa shape index (κ3) is 4.23. The number of hydrogen-bond donors (Lipinski definition) is 1. The van der Waals surface area contributed by atoms with Gasteiger partial charge in [-0.3, -0.25) is 4.79 Å². The standard InChI is InChI=1S/C18H18F2N4O.C2H6/c19-13-3-1-12(2-4-13)14-7-16(23-11-22-14)21-8-17(25)24-9-15(20)18(10-24)5-6-18;1-2/h1-4,7,11,15H,5-6,8-10H2,(H,21,22,23);1-2H3. The van der Waals surface area contributed by atoms with Gasteiger partial charge in [0.2, 0.25) is 5.91 Å². The predicted molar refractivity (Wildman–Crippen MR) is 100 cm³/mol. The molecule has 4 rings (SSSR count). The molecular formula is C20H24F2N4O. The van der Waals surface area contributed by atoms with E-state index in [-0.39, 0.29) is 30.2 Å². The molecule has 1 aromatic carbocycles. The third-order valence-electron chi connectivity index (χ3n) is 5.02. The summed E-state index contributed by atoms with van der Waals surface area (Å²) in [5.74, 6) is 0.0557. The molecule has 1 amide bonds. The van der Waals surface area contributed by atoms with E-state index in [0.29, 0.717) is 18.1 Å². The number of anilines is 1. The molecule has 1 aliphatic carbocycles. The van der Waals surface area contributed by atoms with Gasteiger partial charge in [0.1, 0.15) is 24.1 Å². The molecule has 0 bridgehead atoms. The molecule has 1 atom stereocenters. The van der Waals surface area contributed by atoms with Gasteiger partial charge in [-0.15, -0.1) is 0 Å². The largest absolute Gasteiger partial charge is 0.361 e. The van der Waals surface area contributed by atoms with Crippen molar-refractivity contribution in [2.75, 3.05) is 25.0 Å². The highest BCUT2D eigenvalue weighted by atomic mass is 19.1. The number of likely N-dealkylation sites (tertiary alicyclic amines) is 1. The maximum atomic E-state index is 13.9. The number of amides is 1. The zero-order chi connectivity index (χ0) is 19.4. The molecule has 1 saturated heterocycles. The fourth-order valence-electron chi connectivity index (χ4n) is 3.26. The summed E-state index contributed by atoms with van der Waals surface area (Å²) >= 11 is 0. The van der Waals surface area contributed by atoms with Gasteiger partial charge in [0, 0.05) is 23.6 Å². The SMILES string of the molecule is CC.O=C(CNc1cc(-c2ccc(F)cc2)ncn1)N1CC(F)C2(CC2)C1. The molecule has 1 spiro atoms. The van der Waals surface area contributed by atoms with Gasteiger partial charge in [0.05, 0.1) is 18.8 Å². The number of nitrogens with zero attached hydrogens (tertiary/aromatic N) is 3. The van der Waals surface area contributed by atoms with E-state index in [0.717, 1.165) is 18.4 Å². The maximum Gasteiger partial charge on any atom is 0.242 e. The highest BCUT2D eigenvalue weighted by Gasteiger charge is 2.56. The number of aromatic nitrogens is 2. The quantitative estimate of drug-likeness (QED) is 0.887. The van der Waals surface area contributed by atoms with E-state index in [2.05, 4.69) is 15.3 Å². The summed E-state index contributed by atoms with van der Waals surface area (Å²) < 4.78 is 27.0. The van der Waals surface area contributed by atoms with Crippen LogP contribution in [-0.4, -0.2) is 46.6 Å². The highest BCUT2D eigenvalue weighted by Crippen LogP contribution is 2.54. The van der Waals surface area contributed by atoms with Crippen LogP contribution < -0.4 is 5.32 Å². The zero-order valence-electron chi connectivity index (χ0n) is 15.6. The van der Waals surface area contributed by atoms with Crippen LogP contribution in [0.5, 0.6) is 0 Å². The van der Waals surface area contributed by atoms with Crippen LogP contribution in [0.2, 0.25) is 0 Å². The van der Waals surface area contributed by atoms with Crippen LogP contribution in [0.25, 0.3) is 11.3 Å². The lowest BCUT2D eigenvalue weighted by atomic mass is 10.1. The second-order valence-electron chi connectivity index (χ2n) is 6.75. The first kappa shape index (κ1) is 19.2. The number of carbonyl (C=O) groups is 1. The van der Waals surface area contributed by atoms with Gasteiger partial charge in [-0.05, 0) is 37.1 Å². The van der Waals surface area contributed by atoms with Gasteiger partial charge in [0.25, 0.3) is 0 Å². The van der Waals surface area contributed by atoms with Gasteiger partial charge in [-0.1, -0.05) is 13.8 Å². The highest BCUT2D eigenvalue weighted by molar-refractivity contribution is 5.81. The molecular weight excluding hydrogens is 350 g/mol. The van der Waals surface area contributed by atoms with E-state index in [1.54, 1.807) is 23.1 Å². The van der Waals surface area contributed by atoms with E-state index < -0.39 is 6.17 Å². The normalized spacial score (nSPS) is 19.4. The first-order valence-electron chi connectivity index (χ1n) is 9.29. The fraction of sp³-hybridized carbons (Fsp3) is 0.450. The number of carbonyl (C=O) groups excluding carboxylic acids is 1. The average Bonchev–Trinajstić information content (AvgIpc) is 3.41. The molecule has 1 aliphatic heterocycles. The number of nitrogens with one attached hydrogen (secondary N) is 1. The number of halogens is 2. The molecule has 2 aliphatic rings. The molecule has 5 nitrogen and oxygen atoms in total. The first-order valence-corrected chi connectivity index (χ1v) is 9.29. The molecule has 7 heteroatoms. The Morgan fingerprint density at radius 1 is 1.26 bits per heavy atom. The van der Waals surface area contributed by atoms with Gasteiger partial charge in [-0.25, -0.2) is 18.7 Å². The second kappa shape index (κ2) is 7.98. The summed E-state index contributed by atoms with van der Waals surface area (Å²) in [7, 11) is 0. The van der Waals surface area contributed by atoms with E-state index >= 15 is 0 Å². The van der Waals surface area contributed by atoms with Crippen molar-refractivity contribution in [1.29, 1.82) is 0 Å². The van der Waals surface area contributed by atoms with Crippen LogP contribution in [0, 0.1) is 11.2 Å². The van der Waals surface area contributed by atoms with Crippen molar-refractivity contribution in [1.82, 2.24) is 14.9 Å². The van der Waals surface area contributed by atoms with E-state index in [9.17, 15) is 13.6 Å². The lowest BCUT2D eigenvalue weighted by Gasteiger charge is -2.16. The number of hydrogen-bond acceptors (Lipinski definition) is 4. The van der Waals surface area contributed by atoms with Gasteiger partial charge in [0.15, 0.2) is 0 Å². The minimum atomic E-state index is -0.902. The van der Waals surface area contributed by atoms with Crippen LogP contribution in [0.1, 0.15) is 26.7 Å². The topological polar surface area (TPSA) is 58.1 Å². The third-order valence-corrected chi connectivity index (χ3v) is 5.02. The first-order chi connectivity index (χ1) is 13.1. The summed E-state index contributed by atoms with van der Waals surface area (Å²) in [6, 6.07) is 7.69. The van der Waals surface area contributed by atoms with Crippen LogP contribution in [-0.2, 0) is 4.79 Å². The lowest BCUT2D eigenvalue weighted by molar-refractivity contribution is -0.128. The van der Waals surface area contributed by atoms with Crippen molar-refractivity contribution in [2.45, 2.75) is 32.9 Å². The Kier molecular flexibility index (Phi) is 5.68. The molecule has 1 saturated carbocycles. The molecule has 1 N–H and O–H groups in total. The summed E-state index contributed by atoms with van der Waals surface area (Å²) in [5.41, 5.74) is 1.13. The zero-order valence-corrected chi connectivity index (χ0v) is 15.6. The Morgan fingerprint density at radius 3 is 2.59 bits per heavy atom. The Hall–Kier alpha value is -2.57. The average molecular weight is 374 g/mol. The van der Waals surface area contributed by atoms with Crippen molar-refractivity contribution in [3.63, 3.8) is 0 Å². The molecule has 0 radical (unpaired) electrons.